The summed E-state index contributed by atoms with van der Waals surface area (Å²) in [5, 5.41) is 0. The molecule has 2 N–H and O–H groups in total. The summed E-state index contributed by atoms with van der Waals surface area (Å²) in [4.78, 5) is 14.6. The van der Waals surface area contributed by atoms with E-state index in [9.17, 15) is 4.79 Å². The highest BCUT2D eigenvalue weighted by atomic mass is 16.5. The van der Waals surface area contributed by atoms with Crippen LogP contribution in [0.3, 0.4) is 0 Å². The van der Waals surface area contributed by atoms with E-state index in [1.54, 1.807) is 7.11 Å². The average Bonchev–Trinajstić information content (AvgIpc) is 2.46. The third kappa shape index (κ3) is 2.96. The van der Waals surface area contributed by atoms with Crippen LogP contribution in [0, 0.1) is 12.8 Å². The first-order valence-corrected chi connectivity index (χ1v) is 7.22. The number of rotatable bonds is 3. The van der Waals surface area contributed by atoms with Crippen molar-refractivity contribution in [1.29, 1.82) is 0 Å². The number of carbonyl (C=O) groups excluding carboxylic acids is 1. The number of aryl methyl sites for hydroxylation is 1. The van der Waals surface area contributed by atoms with Crippen molar-refractivity contribution in [2.45, 2.75) is 32.7 Å². The molecule has 0 aliphatic carbocycles. The predicted molar refractivity (Wildman–Crippen MR) is 80.0 cm³/mol. The Balaban J connectivity index is 2.21. The fourth-order valence-corrected chi connectivity index (χ4v) is 2.86. The molecule has 20 heavy (non-hydrogen) atoms. The number of nitrogens with two attached hydrogens (primary N) is 1. The second-order valence-electron chi connectivity index (χ2n) is 5.70. The summed E-state index contributed by atoms with van der Waals surface area (Å²) in [6.45, 7) is 5.51. The molecule has 0 spiro atoms. The van der Waals surface area contributed by atoms with Crippen molar-refractivity contribution >= 4 is 5.91 Å². The molecule has 0 saturated carbocycles. The van der Waals surface area contributed by atoms with Crippen molar-refractivity contribution in [1.82, 2.24) is 4.90 Å². The van der Waals surface area contributed by atoms with Gasteiger partial charge in [-0.3, -0.25) is 4.79 Å². The molecule has 110 valence electrons. The van der Waals surface area contributed by atoms with E-state index in [-0.39, 0.29) is 11.9 Å². The van der Waals surface area contributed by atoms with Gasteiger partial charge in [0.05, 0.1) is 7.11 Å². The lowest BCUT2D eigenvalue weighted by Crippen LogP contribution is -2.49. The monoisotopic (exact) mass is 276 g/mol. The normalized spacial score (nSPS) is 22.7. The molecule has 1 saturated heterocycles. The lowest BCUT2D eigenvalue weighted by atomic mass is 9.92. The molecule has 1 fully saturated rings. The van der Waals surface area contributed by atoms with Gasteiger partial charge in [-0.1, -0.05) is 13.0 Å². The molecule has 2 rings (SSSR count). The summed E-state index contributed by atoms with van der Waals surface area (Å²) in [7, 11) is 1.63. The van der Waals surface area contributed by atoms with Gasteiger partial charge < -0.3 is 15.4 Å². The number of ether oxygens (including phenoxy) is 1. The minimum Gasteiger partial charge on any atom is -0.496 e. The molecule has 0 aromatic heterocycles. The van der Waals surface area contributed by atoms with Gasteiger partial charge in [-0.05, 0) is 43.4 Å². The second kappa shape index (κ2) is 6.27. The molecular weight excluding hydrogens is 252 g/mol. The van der Waals surface area contributed by atoms with Crippen molar-refractivity contribution in [3.8, 4) is 5.75 Å². The number of carbonyl (C=O) groups is 1. The Labute approximate surface area is 120 Å². The van der Waals surface area contributed by atoms with E-state index in [0.29, 0.717) is 18.0 Å². The predicted octanol–water partition coefficient (Wildman–Crippen LogP) is 2.20. The molecule has 4 heteroatoms. The number of benzene rings is 1. The van der Waals surface area contributed by atoms with E-state index in [1.165, 1.54) is 0 Å². The molecule has 1 aliphatic rings. The van der Waals surface area contributed by atoms with Gasteiger partial charge >= 0.3 is 0 Å². The van der Waals surface area contributed by atoms with Crippen LogP contribution >= 0.6 is 0 Å². The molecule has 2 unspecified atom stereocenters. The molecule has 1 heterocycles. The van der Waals surface area contributed by atoms with E-state index >= 15 is 0 Å². The van der Waals surface area contributed by atoms with Crippen LogP contribution in [0.2, 0.25) is 0 Å². The summed E-state index contributed by atoms with van der Waals surface area (Å²) in [5.74, 6) is 1.45. The van der Waals surface area contributed by atoms with Crippen LogP contribution in [-0.2, 0) is 0 Å². The Morgan fingerprint density at radius 2 is 2.25 bits per heavy atom. The maximum absolute atomic E-state index is 12.7. The Bertz CT molecular complexity index is 487. The third-order valence-corrected chi connectivity index (χ3v) is 4.17. The van der Waals surface area contributed by atoms with E-state index in [1.807, 2.05) is 30.0 Å². The first kappa shape index (κ1) is 14.9. The number of amides is 1. The molecule has 0 radical (unpaired) electrons. The minimum atomic E-state index is 0.0608. The molecular formula is C16H24N2O2. The van der Waals surface area contributed by atoms with Gasteiger partial charge in [-0.25, -0.2) is 0 Å². The van der Waals surface area contributed by atoms with Crippen LogP contribution in [0.4, 0.5) is 0 Å². The van der Waals surface area contributed by atoms with E-state index in [2.05, 4.69) is 6.92 Å². The first-order valence-electron chi connectivity index (χ1n) is 7.22. The highest BCUT2D eigenvalue weighted by molar-refractivity contribution is 5.95. The molecule has 1 aliphatic heterocycles. The molecule has 4 nitrogen and oxygen atoms in total. The summed E-state index contributed by atoms with van der Waals surface area (Å²) in [6.07, 6.45) is 2.04. The van der Waals surface area contributed by atoms with Crippen LogP contribution in [0.5, 0.6) is 5.75 Å². The maximum atomic E-state index is 12.7. The van der Waals surface area contributed by atoms with Gasteiger partial charge in [0.15, 0.2) is 0 Å². The quantitative estimate of drug-likeness (QED) is 0.921. The zero-order chi connectivity index (χ0) is 14.7. The van der Waals surface area contributed by atoms with Crippen LogP contribution in [0.25, 0.3) is 0 Å². The van der Waals surface area contributed by atoms with Crippen molar-refractivity contribution < 1.29 is 9.53 Å². The number of nitrogens with zero attached hydrogens (tertiary/aromatic N) is 1. The highest BCUT2D eigenvalue weighted by Gasteiger charge is 2.29. The lowest BCUT2D eigenvalue weighted by molar-refractivity contribution is 0.0573. The van der Waals surface area contributed by atoms with Crippen LogP contribution in [0.15, 0.2) is 18.2 Å². The molecule has 0 bridgehead atoms. The van der Waals surface area contributed by atoms with Gasteiger partial charge in [0, 0.05) is 24.7 Å². The Kier molecular flexibility index (Phi) is 4.65. The Morgan fingerprint density at radius 3 is 2.90 bits per heavy atom. The molecule has 1 aromatic rings. The smallest absolute Gasteiger partial charge is 0.254 e. The van der Waals surface area contributed by atoms with Crippen molar-refractivity contribution in [3.05, 3.63) is 29.3 Å². The minimum absolute atomic E-state index is 0.0608. The number of piperidine rings is 1. The largest absolute Gasteiger partial charge is 0.496 e. The van der Waals surface area contributed by atoms with Crippen molar-refractivity contribution in [2.75, 3.05) is 20.2 Å². The summed E-state index contributed by atoms with van der Waals surface area (Å²) < 4.78 is 5.30. The summed E-state index contributed by atoms with van der Waals surface area (Å²) in [5.41, 5.74) is 7.55. The SMILES string of the molecule is COc1cc(C(=O)N2CCC(C)CC2CN)ccc1C. The van der Waals surface area contributed by atoms with Crippen LogP contribution < -0.4 is 10.5 Å². The molecule has 1 aromatic carbocycles. The van der Waals surface area contributed by atoms with Gasteiger partial charge in [-0.15, -0.1) is 0 Å². The number of methoxy groups -OCH3 is 1. The first-order chi connectivity index (χ1) is 9.56. The molecule has 2 atom stereocenters. The fourth-order valence-electron chi connectivity index (χ4n) is 2.86. The lowest BCUT2D eigenvalue weighted by Gasteiger charge is -2.38. The Hall–Kier alpha value is -1.55. The van der Waals surface area contributed by atoms with E-state index in [0.717, 1.165) is 30.7 Å². The highest BCUT2D eigenvalue weighted by Crippen LogP contribution is 2.25. The standard InChI is InChI=1S/C16H24N2O2/c1-11-6-7-18(14(8-11)10-17)16(19)13-5-4-12(2)15(9-13)20-3/h4-5,9,11,14H,6-8,10,17H2,1-3H3. The summed E-state index contributed by atoms with van der Waals surface area (Å²) >= 11 is 0. The van der Waals surface area contributed by atoms with Crippen LogP contribution in [-0.4, -0.2) is 37.0 Å². The zero-order valence-electron chi connectivity index (χ0n) is 12.6. The second-order valence-corrected chi connectivity index (χ2v) is 5.70. The fraction of sp³-hybridized carbons (Fsp3) is 0.562. The van der Waals surface area contributed by atoms with E-state index < -0.39 is 0 Å². The van der Waals surface area contributed by atoms with Crippen molar-refractivity contribution in [2.24, 2.45) is 11.7 Å². The Morgan fingerprint density at radius 1 is 1.50 bits per heavy atom. The van der Waals surface area contributed by atoms with E-state index in [4.69, 9.17) is 10.5 Å². The summed E-state index contributed by atoms with van der Waals surface area (Å²) in [6, 6.07) is 5.77. The zero-order valence-corrected chi connectivity index (χ0v) is 12.6. The molecule has 1 amide bonds. The van der Waals surface area contributed by atoms with Gasteiger partial charge in [-0.2, -0.15) is 0 Å². The van der Waals surface area contributed by atoms with Gasteiger partial charge in [0.1, 0.15) is 5.75 Å². The maximum Gasteiger partial charge on any atom is 0.254 e. The topological polar surface area (TPSA) is 55.6 Å². The van der Waals surface area contributed by atoms with Crippen LogP contribution in [0.1, 0.15) is 35.7 Å². The number of likely N-dealkylation sites (tertiary alicyclic amines) is 1. The van der Waals surface area contributed by atoms with Gasteiger partial charge in [0.2, 0.25) is 0 Å². The van der Waals surface area contributed by atoms with Crippen molar-refractivity contribution in [3.63, 3.8) is 0 Å². The van der Waals surface area contributed by atoms with Gasteiger partial charge in [0.25, 0.3) is 5.91 Å². The number of hydrogen-bond donors (Lipinski definition) is 1. The third-order valence-electron chi connectivity index (χ3n) is 4.17. The average molecular weight is 276 g/mol. The number of hydrogen-bond acceptors (Lipinski definition) is 3.